The van der Waals surface area contributed by atoms with E-state index in [1.807, 2.05) is 81.4 Å². The second-order valence-electron chi connectivity index (χ2n) is 10.4. The summed E-state index contributed by atoms with van der Waals surface area (Å²) >= 11 is 0. The molecule has 8 nitrogen and oxygen atoms in total. The predicted octanol–water partition coefficient (Wildman–Crippen LogP) is 5.37. The molecule has 0 aromatic heterocycles. The third-order valence-electron chi connectivity index (χ3n) is 7.14. The van der Waals surface area contributed by atoms with Crippen LogP contribution < -0.4 is 14.4 Å². The van der Waals surface area contributed by atoms with Crippen LogP contribution in [-0.4, -0.2) is 50.9 Å². The number of carbonyl (C=O) groups is 2. The van der Waals surface area contributed by atoms with E-state index in [1.165, 1.54) is 17.0 Å². The zero-order valence-corrected chi connectivity index (χ0v) is 26.2. The highest BCUT2D eigenvalue weighted by atomic mass is 32.2. The first-order valence-corrected chi connectivity index (χ1v) is 16.1. The molecule has 9 heteroatoms. The van der Waals surface area contributed by atoms with E-state index in [0.29, 0.717) is 24.6 Å². The SMILES string of the molecule is CCNC(=O)[C@@H](Cc1ccccc1)N(Cc1ccccc1)C(=O)CN(c1ccc(OCC)cc1)S(=O)(=O)c1ccc(C)cc1. The van der Waals surface area contributed by atoms with Crippen molar-refractivity contribution in [3.8, 4) is 5.75 Å². The van der Waals surface area contributed by atoms with E-state index in [4.69, 9.17) is 4.74 Å². The van der Waals surface area contributed by atoms with Gasteiger partial charge in [-0.3, -0.25) is 13.9 Å². The maximum atomic E-state index is 14.4. The summed E-state index contributed by atoms with van der Waals surface area (Å²) in [6, 6.07) is 31.1. The third-order valence-corrected chi connectivity index (χ3v) is 8.93. The predicted molar refractivity (Wildman–Crippen MR) is 173 cm³/mol. The first kappa shape index (κ1) is 32.3. The van der Waals surface area contributed by atoms with Crippen LogP contribution in [0.1, 0.15) is 30.5 Å². The van der Waals surface area contributed by atoms with Crippen LogP contribution in [0.15, 0.2) is 114 Å². The lowest BCUT2D eigenvalue weighted by molar-refractivity contribution is -0.140. The highest BCUT2D eigenvalue weighted by Crippen LogP contribution is 2.27. The minimum Gasteiger partial charge on any atom is -0.494 e. The minimum atomic E-state index is -4.17. The van der Waals surface area contributed by atoms with Gasteiger partial charge in [-0.1, -0.05) is 78.4 Å². The summed E-state index contributed by atoms with van der Waals surface area (Å²) in [5.74, 6) is -0.236. The molecule has 0 aliphatic heterocycles. The van der Waals surface area contributed by atoms with E-state index in [0.717, 1.165) is 21.0 Å². The lowest BCUT2D eigenvalue weighted by Gasteiger charge is -2.33. The third kappa shape index (κ3) is 8.26. The number of ether oxygens (including phenoxy) is 1. The molecule has 0 unspecified atom stereocenters. The fourth-order valence-corrected chi connectivity index (χ4v) is 6.28. The van der Waals surface area contributed by atoms with Gasteiger partial charge >= 0.3 is 0 Å². The van der Waals surface area contributed by atoms with Crippen molar-refractivity contribution < 1.29 is 22.7 Å². The van der Waals surface area contributed by atoms with Crippen LogP contribution in [0.2, 0.25) is 0 Å². The van der Waals surface area contributed by atoms with Crippen LogP contribution in [0.5, 0.6) is 5.75 Å². The molecule has 0 aliphatic carbocycles. The van der Waals surface area contributed by atoms with Gasteiger partial charge in [0.25, 0.3) is 10.0 Å². The maximum absolute atomic E-state index is 14.4. The van der Waals surface area contributed by atoms with Crippen LogP contribution >= 0.6 is 0 Å². The molecular weight excluding hydrogens is 574 g/mol. The van der Waals surface area contributed by atoms with Gasteiger partial charge in [0.15, 0.2) is 0 Å². The summed E-state index contributed by atoms with van der Waals surface area (Å²) in [6.07, 6.45) is 0.263. The molecule has 4 aromatic rings. The van der Waals surface area contributed by atoms with Gasteiger partial charge in [-0.05, 0) is 68.3 Å². The van der Waals surface area contributed by atoms with Gasteiger partial charge in [-0.2, -0.15) is 0 Å². The molecule has 2 amide bonds. The number of aryl methyl sites for hydroxylation is 1. The lowest BCUT2D eigenvalue weighted by atomic mass is 10.0. The summed E-state index contributed by atoms with van der Waals surface area (Å²) in [7, 11) is -4.17. The highest BCUT2D eigenvalue weighted by Gasteiger charge is 2.34. The van der Waals surface area contributed by atoms with E-state index < -0.39 is 28.5 Å². The Kier molecular flexibility index (Phi) is 11.2. The summed E-state index contributed by atoms with van der Waals surface area (Å²) in [6.45, 7) is 6.01. The molecule has 0 fully saturated rings. The first-order chi connectivity index (χ1) is 21.2. The van der Waals surface area contributed by atoms with Crippen molar-refractivity contribution in [2.24, 2.45) is 0 Å². The van der Waals surface area contributed by atoms with Crippen molar-refractivity contribution in [2.45, 2.75) is 44.7 Å². The number of amides is 2. The second-order valence-corrected chi connectivity index (χ2v) is 12.2. The van der Waals surface area contributed by atoms with E-state index >= 15 is 0 Å². The number of likely N-dealkylation sites (N-methyl/N-ethyl adjacent to an activating group) is 1. The summed E-state index contributed by atoms with van der Waals surface area (Å²) in [5.41, 5.74) is 2.91. The van der Waals surface area contributed by atoms with E-state index in [-0.39, 0.29) is 23.8 Å². The molecule has 0 saturated carbocycles. The van der Waals surface area contributed by atoms with Crippen LogP contribution in [0.25, 0.3) is 0 Å². The number of hydrogen-bond acceptors (Lipinski definition) is 5. The van der Waals surface area contributed by atoms with Crippen LogP contribution in [0.4, 0.5) is 5.69 Å². The second kappa shape index (κ2) is 15.2. The molecule has 0 heterocycles. The molecule has 4 aromatic carbocycles. The first-order valence-electron chi connectivity index (χ1n) is 14.7. The number of anilines is 1. The average Bonchev–Trinajstić information content (AvgIpc) is 3.03. The smallest absolute Gasteiger partial charge is 0.264 e. The van der Waals surface area contributed by atoms with Gasteiger partial charge in [0.2, 0.25) is 11.8 Å². The summed E-state index contributed by atoms with van der Waals surface area (Å²) in [5, 5.41) is 2.87. The molecule has 44 heavy (non-hydrogen) atoms. The maximum Gasteiger partial charge on any atom is 0.264 e. The Morgan fingerprint density at radius 2 is 1.39 bits per heavy atom. The minimum absolute atomic E-state index is 0.0592. The van der Waals surface area contributed by atoms with Crippen molar-refractivity contribution in [3.63, 3.8) is 0 Å². The normalized spacial score (nSPS) is 11.8. The van der Waals surface area contributed by atoms with Crippen LogP contribution in [-0.2, 0) is 32.6 Å². The Labute approximate surface area is 260 Å². The Morgan fingerprint density at radius 3 is 1.95 bits per heavy atom. The molecule has 1 N–H and O–H groups in total. The molecule has 0 radical (unpaired) electrons. The number of sulfonamides is 1. The molecule has 230 valence electrons. The summed E-state index contributed by atoms with van der Waals surface area (Å²) < 4.78 is 34.9. The van der Waals surface area contributed by atoms with Crippen LogP contribution in [0.3, 0.4) is 0 Å². The molecular formula is C35H39N3O5S. The Balaban J connectivity index is 1.78. The van der Waals surface area contributed by atoms with Gasteiger partial charge in [-0.25, -0.2) is 8.42 Å². The Bertz CT molecular complexity index is 1610. The fraction of sp³-hybridized carbons (Fsp3) is 0.257. The monoisotopic (exact) mass is 613 g/mol. The lowest BCUT2D eigenvalue weighted by Crippen LogP contribution is -2.53. The fourth-order valence-electron chi connectivity index (χ4n) is 4.87. The zero-order valence-electron chi connectivity index (χ0n) is 25.3. The van der Waals surface area contributed by atoms with Crippen molar-refractivity contribution in [3.05, 3.63) is 126 Å². The highest BCUT2D eigenvalue weighted by molar-refractivity contribution is 7.92. The molecule has 0 aliphatic rings. The summed E-state index contributed by atoms with van der Waals surface area (Å²) in [4.78, 5) is 29.5. The van der Waals surface area contributed by atoms with Crippen molar-refractivity contribution in [1.29, 1.82) is 0 Å². The molecule has 1 atom stereocenters. The number of carbonyl (C=O) groups excluding carboxylic acids is 2. The van der Waals surface area contributed by atoms with Gasteiger partial charge < -0.3 is 15.0 Å². The molecule has 0 spiro atoms. The van der Waals surface area contributed by atoms with Crippen molar-refractivity contribution >= 4 is 27.5 Å². The zero-order chi connectivity index (χ0) is 31.5. The topological polar surface area (TPSA) is 96.0 Å². The standard InChI is InChI=1S/C35H39N3O5S/c1-4-36-35(40)33(24-28-12-8-6-9-13-28)37(25-29-14-10-7-11-15-29)34(39)26-38(30-18-20-31(21-19-30)43-5-2)44(41,42)32-22-16-27(3)17-23-32/h6-23,33H,4-5,24-26H2,1-3H3,(H,36,40)/t33-/m1/s1. The van der Waals surface area contributed by atoms with Crippen molar-refractivity contribution in [2.75, 3.05) is 24.0 Å². The van der Waals surface area contributed by atoms with Gasteiger partial charge in [0.05, 0.1) is 17.2 Å². The number of rotatable bonds is 14. The van der Waals surface area contributed by atoms with E-state index in [2.05, 4.69) is 5.32 Å². The number of nitrogens with zero attached hydrogens (tertiary/aromatic N) is 2. The van der Waals surface area contributed by atoms with E-state index in [9.17, 15) is 18.0 Å². The molecule has 0 bridgehead atoms. The number of benzene rings is 4. The van der Waals surface area contributed by atoms with Gasteiger partial charge in [0, 0.05) is 19.5 Å². The number of hydrogen-bond donors (Lipinski definition) is 1. The van der Waals surface area contributed by atoms with Crippen LogP contribution in [0, 0.1) is 6.92 Å². The van der Waals surface area contributed by atoms with Gasteiger partial charge in [-0.15, -0.1) is 0 Å². The largest absolute Gasteiger partial charge is 0.494 e. The quantitative estimate of drug-likeness (QED) is 0.207. The number of nitrogens with one attached hydrogen (secondary N) is 1. The van der Waals surface area contributed by atoms with Crippen molar-refractivity contribution in [1.82, 2.24) is 10.2 Å². The molecule has 0 saturated heterocycles. The molecule has 4 rings (SSSR count). The Hall–Kier alpha value is -4.63. The Morgan fingerprint density at radius 1 is 0.795 bits per heavy atom. The average molecular weight is 614 g/mol. The van der Waals surface area contributed by atoms with Gasteiger partial charge in [0.1, 0.15) is 18.3 Å². The van der Waals surface area contributed by atoms with E-state index in [1.54, 1.807) is 36.4 Å².